The number of phenols is 1. The number of aliphatic hydroxyl groups is 1. The van der Waals surface area contributed by atoms with E-state index in [4.69, 9.17) is 9.47 Å². The first kappa shape index (κ1) is 13.8. The zero-order chi connectivity index (χ0) is 13.0. The lowest BCUT2D eigenvalue weighted by Gasteiger charge is -2.16. The summed E-state index contributed by atoms with van der Waals surface area (Å²) in [7, 11) is 1.34. The van der Waals surface area contributed by atoms with Gasteiger partial charge in [0, 0.05) is 4.47 Å². The summed E-state index contributed by atoms with van der Waals surface area (Å²) < 4.78 is 10.1. The number of phenolic OH excluding ortho intramolecular Hbond substituents is 1. The highest BCUT2D eigenvalue weighted by molar-refractivity contribution is 9.10. The van der Waals surface area contributed by atoms with Gasteiger partial charge in [-0.3, -0.25) is 0 Å². The maximum atomic E-state index is 11.4. The van der Waals surface area contributed by atoms with Gasteiger partial charge < -0.3 is 19.7 Å². The molecule has 1 rings (SSSR count). The third-order valence-corrected chi connectivity index (χ3v) is 2.80. The van der Waals surface area contributed by atoms with E-state index in [-0.39, 0.29) is 23.7 Å². The molecule has 0 aliphatic heterocycles. The number of carbonyl (C=O) groups excluding carboxylic acids is 1. The van der Waals surface area contributed by atoms with Crippen LogP contribution in [-0.4, -0.2) is 29.9 Å². The van der Waals surface area contributed by atoms with Gasteiger partial charge in [0.15, 0.2) is 17.6 Å². The van der Waals surface area contributed by atoms with E-state index < -0.39 is 12.1 Å². The Kier molecular flexibility index (Phi) is 4.77. The summed E-state index contributed by atoms with van der Waals surface area (Å²) in [6, 6.07) is 2.90. The second-order valence-corrected chi connectivity index (χ2v) is 4.02. The molecule has 17 heavy (non-hydrogen) atoms. The van der Waals surface area contributed by atoms with E-state index in [2.05, 4.69) is 15.9 Å². The van der Waals surface area contributed by atoms with Gasteiger partial charge in [0.25, 0.3) is 0 Å². The van der Waals surface area contributed by atoms with Crippen molar-refractivity contribution in [2.24, 2.45) is 0 Å². The van der Waals surface area contributed by atoms with Crippen molar-refractivity contribution in [1.29, 1.82) is 0 Å². The molecule has 0 aliphatic rings. The lowest BCUT2D eigenvalue weighted by molar-refractivity contribution is -0.153. The van der Waals surface area contributed by atoms with Crippen LogP contribution in [0.3, 0.4) is 0 Å². The summed E-state index contributed by atoms with van der Waals surface area (Å²) in [5.41, 5.74) is 0.144. The van der Waals surface area contributed by atoms with Crippen LogP contribution >= 0.6 is 15.9 Å². The number of rotatable bonds is 4. The smallest absolute Gasteiger partial charge is 0.339 e. The Labute approximate surface area is 107 Å². The van der Waals surface area contributed by atoms with E-state index in [1.54, 1.807) is 6.92 Å². The Morgan fingerprint density at radius 2 is 2.18 bits per heavy atom. The van der Waals surface area contributed by atoms with Crippen LogP contribution in [0.1, 0.15) is 18.6 Å². The van der Waals surface area contributed by atoms with Gasteiger partial charge in [-0.2, -0.15) is 0 Å². The van der Waals surface area contributed by atoms with Crippen molar-refractivity contribution in [2.75, 3.05) is 13.7 Å². The van der Waals surface area contributed by atoms with E-state index in [0.717, 1.165) is 0 Å². The standard InChI is InChI=1S/C11H13BrO5/c1-3-17-11(15)9(14)8-6(12)4-5-7(13)10(8)16-2/h4-5,9,13-14H,3H2,1-2H3. The topological polar surface area (TPSA) is 76.0 Å². The average molecular weight is 305 g/mol. The first-order valence-electron chi connectivity index (χ1n) is 4.93. The molecule has 1 aromatic rings. The second kappa shape index (κ2) is 5.88. The van der Waals surface area contributed by atoms with Gasteiger partial charge in [-0.05, 0) is 19.1 Å². The quantitative estimate of drug-likeness (QED) is 0.829. The van der Waals surface area contributed by atoms with Crippen molar-refractivity contribution < 1.29 is 24.5 Å². The molecule has 0 aliphatic carbocycles. The largest absolute Gasteiger partial charge is 0.504 e. The van der Waals surface area contributed by atoms with E-state index in [1.807, 2.05) is 0 Å². The van der Waals surface area contributed by atoms with Crippen molar-refractivity contribution in [3.8, 4) is 11.5 Å². The fourth-order valence-electron chi connectivity index (χ4n) is 1.37. The number of methoxy groups -OCH3 is 1. The van der Waals surface area contributed by atoms with Gasteiger partial charge in [0.05, 0.1) is 19.3 Å². The van der Waals surface area contributed by atoms with E-state index in [0.29, 0.717) is 4.47 Å². The molecule has 5 nitrogen and oxygen atoms in total. The van der Waals surface area contributed by atoms with Gasteiger partial charge in [0.1, 0.15) is 0 Å². The molecule has 94 valence electrons. The highest BCUT2D eigenvalue weighted by Crippen LogP contribution is 2.39. The fraction of sp³-hybridized carbons (Fsp3) is 0.364. The first-order valence-corrected chi connectivity index (χ1v) is 5.72. The zero-order valence-corrected chi connectivity index (χ0v) is 11.0. The number of aliphatic hydroxyl groups excluding tert-OH is 1. The molecular formula is C11H13BrO5. The first-order chi connectivity index (χ1) is 8.02. The number of halogens is 1. The van der Waals surface area contributed by atoms with Gasteiger partial charge in [-0.1, -0.05) is 15.9 Å². The molecule has 0 aromatic heterocycles. The molecule has 0 spiro atoms. The van der Waals surface area contributed by atoms with E-state index in [9.17, 15) is 15.0 Å². The molecule has 0 amide bonds. The Hall–Kier alpha value is -1.27. The normalized spacial score (nSPS) is 12.0. The number of hydrogen-bond donors (Lipinski definition) is 2. The fourth-order valence-corrected chi connectivity index (χ4v) is 1.90. The summed E-state index contributed by atoms with van der Waals surface area (Å²) >= 11 is 3.18. The minimum absolute atomic E-state index is 0.0416. The van der Waals surface area contributed by atoms with Crippen LogP contribution in [-0.2, 0) is 9.53 Å². The van der Waals surface area contributed by atoms with Crippen molar-refractivity contribution in [3.05, 3.63) is 22.2 Å². The Balaban J connectivity index is 3.20. The van der Waals surface area contributed by atoms with Crippen LogP contribution in [0.2, 0.25) is 0 Å². The number of aromatic hydroxyl groups is 1. The third kappa shape index (κ3) is 2.89. The molecule has 0 saturated heterocycles. The molecule has 1 atom stereocenters. The Morgan fingerprint density at radius 3 is 2.71 bits per heavy atom. The van der Waals surface area contributed by atoms with Crippen LogP contribution in [0.25, 0.3) is 0 Å². The minimum atomic E-state index is -1.51. The number of carbonyl (C=O) groups is 1. The second-order valence-electron chi connectivity index (χ2n) is 3.17. The summed E-state index contributed by atoms with van der Waals surface area (Å²) in [6.07, 6.45) is -1.51. The van der Waals surface area contributed by atoms with Gasteiger partial charge in [0.2, 0.25) is 0 Å². The van der Waals surface area contributed by atoms with Crippen LogP contribution in [0, 0.1) is 0 Å². The molecule has 6 heteroatoms. The van der Waals surface area contributed by atoms with Gasteiger partial charge >= 0.3 is 5.97 Å². The molecule has 0 radical (unpaired) electrons. The monoisotopic (exact) mass is 304 g/mol. The van der Waals surface area contributed by atoms with Crippen LogP contribution in [0.15, 0.2) is 16.6 Å². The molecule has 1 unspecified atom stereocenters. The SMILES string of the molecule is CCOC(=O)C(O)c1c(Br)ccc(O)c1OC. The maximum absolute atomic E-state index is 11.4. The van der Waals surface area contributed by atoms with Crippen molar-refractivity contribution in [3.63, 3.8) is 0 Å². The van der Waals surface area contributed by atoms with Crippen molar-refractivity contribution >= 4 is 21.9 Å². The molecule has 1 aromatic carbocycles. The lowest BCUT2D eigenvalue weighted by Crippen LogP contribution is -2.16. The van der Waals surface area contributed by atoms with Crippen LogP contribution in [0.4, 0.5) is 0 Å². The predicted octanol–water partition coefficient (Wildman–Crippen LogP) is 1.76. The summed E-state index contributed by atoms with van der Waals surface area (Å²) in [6.45, 7) is 1.80. The zero-order valence-electron chi connectivity index (χ0n) is 9.44. The summed E-state index contributed by atoms with van der Waals surface area (Å²) in [5.74, 6) is -0.911. The highest BCUT2D eigenvalue weighted by atomic mass is 79.9. The number of ether oxygens (including phenoxy) is 2. The molecule has 2 N–H and O–H groups in total. The highest BCUT2D eigenvalue weighted by Gasteiger charge is 2.26. The van der Waals surface area contributed by atoms with E-state index in [1.165, 1.54) is 19.2 Å². The Morgan fingerprint density at radius 1 is 1.53 bits per heavy atom. The van der Waals surface area contributed by atoms with Gasteiger partial charge in [-0.25, -0.2) is 4.79 Å². The number of benzene rings is 1. The molecule has 0 heterocycles. The average Bonchev–Trinajstić information content (AvgIpc) is 2.31. The van der Waals surface area contributed by atoms with Crippen molar-refractivity contribution in [1.82, 2.24) is 0 Å². The molecular weight excluding hydrogens is 292 g/mol. The summed E-state index contributed by atoms with van der Waals surface area (Å²) in [4.78, 5) is 11.4. The number of hydrogen-bond acceptors (Lipinski definition) is 5. The predicted molar refractivity (Wildman–Crippen MR) is 64.0 cm³/mol. The van der Waals surface area contributed by atoms with Crippen LogP contribution < -0.4 is 4.74 Å². The van der Waals surface area contributed by atoms with E-state index >= 15 is 0 Å². The number of esters is 1. The molecule has 0 saturated carbocycles. The third-order valence-electron chi connectivity index (χ3n) is 2.11. The van der Waals surface area contributed by atoms with Crippen LogP contribution in [0.5, 0.6) is 11.5 Å². The van der Waals surface area contributed by atoms with Crippen molar-refractivity contribution in [2.45, 2.75) is 13.0 Å². The lowest BCUT2D eigenvalue weighted by atomic mass is 10.1. The summed E-state index contributed by atoms with van der Waals surface area (Å²) in [5, 5.41) is 19.4. The molecule has 0 fully saturated rings. The maximum Gasteiger partial charge on any atom is 0.339 e. The van der Waals surface area contributed by atoms with Gasteiger partial charge in [-0.15, -0.1) is 0 Å². The Bertz CT molecular complexity index is 419. The molecule has 0 bridgehead atoms. The minimum Gasteiger partial charge on any atom is -0.504 e.